The van der Waals surface area contributed by atoms with Crippen molar-refractivity contribution in [1.29, 1.82) is 0 Å². The molecule has 4 aromatic rings. The van der Waals surface area contributed by atoms with Gasteiger partial charge < -0.3 is 16.7 Å². The first-order valence-electron chi connectivity index (χ1n) is 9.08. The minimum atomic E-state index is -0.420. The van der Waals surface area contributed by atoms with Gasteiger partial charge in [-0.1, -0.05) is 46.8 Å². The molecule has 0 saturated heterocycles. The lowest BCUT2D eigenvalue weighted by Gasteiger charge is -1.99. The Morgan fingerprint density at radius 3 is 1.94 bits per heavy atom. The number of aromatic nitrogens is 3. The zero-order chi connectivity index (χ0) is 23.3. The molecule has 4 rings (SSSR count). The number of hydrogen-bond donors (Lipinski definition) is 3. The van der Waals surface area contributed by atoms with Crippen LogP contribution >= 0.6 is 0 Å². The lowest BCUT2D eigenvalue weighted by molar-refractivity contribution is 0.276. The molecule has 5 N–H and O–H groups in total. The second-order valence-electron chi connectivity index (χ2n) is 5.95. The van der Waals surface area contributed by atoms with Gasteiger partial charge in [-0.25, -0.2) is 17.9 Å². The fraction of sp³-hybridized carbons (Fsp3) is 0.0476. The van der Waals surface area contributed by atoms with Gasteiger partial charge in [-0.2, -0.15) is 0 Å². The smallest absolute Gasteiger partial charge is 0.150 e. The van der Waals surface area contributed by atoms with Crippen LogP contribution in [0.3, 0.4) is 0 Å². The molecule has 11 heteroatoms. The van der Waals surface area contributed by atoms with Crippen LogP contribution in [0.1, 0.15) is 5.69 Å². The highest BCUT2D eigenvalue weighted by atomic mass is 19.1. The molecule has 166 valence electrons. The first kappa shape index (κ1) is 24.0. The van der Waals surface area contributed by atoms with Gasteiger partial charge in [-0.3, -0.25) is 0 Å². The van der Waals surface area contributed by atoms with Gasteiger partial charge in [0.2, 0.25) is 0 Å². The number of hydrogen-bond acceptors (Lipinski definition) is 6. The number of aliphatic hydroxyl groups excluding tert-OH is 1. The molecular formula is C21H20F3N7O. The number of aliphatic hydroxyl groups is 1. The molecule has 3 aromatic carbocycles. The monoisotopic (exact) mass is 443 g/mol. The van der Waals surface area contributed by atoms with Crippen LogP contribution in [-0.4, -0.2) is 20.1 Å². The highest BCUT2D eigenvalue weighted by molar-refractivity contribution is 5.38. The molecular weight excluding hydrogens is 423 g/mol. The predicted molar refractivity (Wildman–Crippen MR) is 113 cm³/mol. The minimum absolute atomic E-state index is 0.157. The summed E-state index contributed by atoms with van der Waals surface area (Å²) in [5.74, 6) is 3.57. The molecule has 0 saturated carbocycles. The number of halogens is 3. The normalized spacial score (nSPS) is 10.1. The number of anilines is 1. The zero-order valence-corrected chi connectivity index (χ0v) is 16.7. The molecule has 32 heavy (non-hydrogen) atoms. The Kier molecular flexibility index (Phi) is 9.34. The average Bonchev–Trinajstić information content (AvgIpc) is 3.28. The van der Waals surface area contributed by atoms with Crippen LogP contribution in [0.2, 0.25) is 0 Å². The second-order valence-corrected chi connectivity index (χ2v) is 5.95. The number of rotatable bonds is 3. The van der Waals surface area contributed by atoms with Crippen LogP contribution in [0.4, 0.5) is 24.5 Å². The maximum absolute atomic E-state index is 13.2. The van der Waals surface area contributed by atoms with E-state index in [0.29, 0.717) is 11.4 Å². The minimum Gasteiger partial charge on any atom is -0.396 e. The first-order chi connectivity index (χ1) is 15.5. The Hall–Kier alpha value is -4.25. The first-order valence-corrected chi connectivity index (χ1v) is 9.08. The molecule has 0 aliphatic rings. The summed E-state index contributed by atoms with van der Waals surface area (Å²) >= 11 is 0. The average molecular weight is 443 g/mol. The van der Waals surface area contributed by atoms with Crippen molar-refractivity contribution in [2.75, 3.05) is 5.73 Å². The van der Waals surface area contributed by atoms with E-state index in [-0.39, 0.29) is 29.6 Å². The fourth-order valence-corrected chi connectivity index (χ4v) is 2.20. The van der Waals surface area contributed by atoms with Crippen molar-refractivity contribution in [3.8, 4) is 5.69 Å². The second kappa shape index (κ2) is 12.4. The molecule has 0 fully saturated rings. The molecule has 0 aliphatic carbocycles. The van der Waals surface area contributed by atoms with Crippen LogP contribution in [0.15, 0.2) is 89.3 Å². The van der Waals surface area contributed by atoms with E-state index in [0.717, 1.165) is 0 Å². The Bertz CT molecular complexity index is 1130. The summed E-state index contributed by atoms with van der Waals surface area (Å²) in [5.41, 5.74) is 6.23. The third-order valence-corrected chi connectivity index (χ3v) is 3.73. The van der Waals surface area contributed by atoms with E-state index >= 15 is 0 Å². The van der Waals surface area contributed by atoms with Gasteiger partial charge in [0.25, 0.3) is 0 Å². The summed E-state index contributed by atoms with van der Waals surface area (Å²) in [7, 11) is 0. The standard InChI is InChI=1S/C9H8FN3O.C6H6FN3.C6H6FN/c10-8-3-1-2-4-9(8)13-5-7(6-14)11-12-13;7-5-3-1-2-4-6(5)9-10-8;7-5-3-1-2-4-6(5)8/h1-5,14H,6H2;1-4H,(H2,8,9);1-4H,8H2. The van der Waals surface area contributed by atoms with E-state index in [9.17, 15) is 13.2 Å². The van der Waals surface area contributed by atoms with Gasteiger partial charge in [0.05, 0.1) is 18.5 Å². The molecule has 0 bridgehead atoms. The van der Waals surface area contributed by atoms with E-state index in [1.165, 1.54) is 41.2 Å². The molecule has 0 spiro atoms. The van der Waals surface area contributed by atoms with Crippen LogP contribution < -0.4 is 11.6 Å². The largest absolute Gasteiger partial charge is 0.396 e. The SMILES string of the molecule is NN=Nc1ccccc1F.Nc1ccccc1F.OCc1cn(-c2ccccc2F)nn1. The Morgan fingerprint density at radius 2 is 1.44 bits per heavy atom. The van der Waals surface area contributed by atoms with E-state index in [2.05, 4.69) is 20.6 Å². The van der Waals surface area contributed by atoms with Crippen molar-refractivity contribution in [2.24, 2.45) is 16.2 Å². The molecule has 1 aromatic heterocycles. The molecule has 0 radical (unpaired) electrons. The number of nitrogen functional groups attached to an aromatic ring is 1. The molecule has 8 nitrogen and oxygen atoms in total. The number of nitrogens with two attached hydrogens (primary N) is 2. The number of benzene rings is 3. The highest BCUT2D eigenvalue weighted by Gasteiger charge is 2.05. The third-order valence-electron chi connectivity index (χ3n) is 3.73. The summed E-state index contributed by atoms with van der Waals surface area (Å²) in [6.07, 6.45) is 1.48. The van der Waals surface area contributed by atoms with E-state index in [4.69, 9.17) is 16.7 Å². The van der Waals surface area contributed by atoms with Gasteiger partial charge in [-0.15, -0.1) is 10.2 Å². The van der Waals surface area contributed by atoms with Crippen molar-refractivity contribution < 1.29 is 18.3 Å². The summed E-state index contributed by atoms with van der Waals surface area (Å²) in [4.78, 5) is 0. The number of para-hydroxylation sites is 2. The highest BCUT2D eigenvalue weighted by Crippen LogP contribution is 2.15. The fourth-order valence-electron chi connectivity index (χ4n) is 2.20. The maximum atomic E-state index is 13.2. The van der Waals surface area contributed by atoms with Crippen LogP contribution in [0, 0.1) is 17.5 Å². The summed E-state index contributed by atoms with van der Waals surface area (Å²) in [5, 5.41) is 22.4. The Morgan fingerprint density at radius 1 is 0.844 bits per heavy atom. The van der Waals surface area contributed by atoms with Gasteiger partial charge >= 0.3 is 0 Å². The van der Waals surface area contributed by atoms with E-state index in [1.807, 2.05) is 0 Å². The molecule has 0 atom stereocenters. The Labute approximate surface area is 181 Å². The lowest BCUT2D eigenvalue weighted by atomic mass is 10.3. The third kappa shape index (κ3) is 7.22. The van der Waals surface area contributed by atoms with Crippen LogP contribution in [-0.2, 0) is 6.61 Å². The van der Waals surface area contributed by atoms with Crippen LogP contribution in [0.5, 0.6) is 0 Å². The molecule has 0 aliphatic heterocycles. The lowest BCUT2D eigenvalue weighted by Crippen LogP contribution is -1.97. The topological polar surface area (TPSA) is 128 Å². The predicted octanol–water partition coefficient (Wildman–Crippen LogP) is 4.09. The van der Waals surface area contributed by atoms with Crippen molar-refractivity contribution in [1.82, 2.24) is 15.0 Å². The van der Waals surface area contributed by atoms with Gasteiger partial charge in [0, 0.05) is 0 Å². The number of nitrogens with zero attached hydrogens (tertiary/aromatic N) is 5. The van der Waals surface area contributed by atoms with Gasteiger partial charge in [0.1, 0.15) is 28.7 Å². The summed E-state index contributed by atoms with van der Waals surface area (Å²) in [6.45, 7) is -0.200. The molecule has 1 heterocycles. The van der Waals surface area contributed by atoms with Crippen molar-refractivity contribution in [3.05, 3.63) is 102 Å². The van der Waals surface area contributed by atoms with Crippen molar-refractivity contribution >= 4 is 11.4 Å². The van der Waals surface area contributed by atoms with Crippen LogP contribution in [0.25, 0.3) is 5.69 Å². The van der Waals surface area contributed by atoms with Crippen molar-refractivity contribution in [2.45, 2.75) is 6.61 Å². The van der Waals surface area contributed by atoms with Crippen molar-refractivity contribution in [3.63, 3.8) is 0 Å². The van der Waals surface area contributed by atoms with Gasteiger partial charge in [0.15, 0.2) is 5.82 Å². The zero-order valence-electron chi connectivity index (χ0n) is 16.7. The van der Waals surface area contributed by atoms with E-state index < -0.39 is 5.82 Å². The quantitative estimate of drug-likeness (QED) is 0.190. The maximum Gasteiger partial charge on any atom is 0.150 e. The Balaban J connectivity index is 0.000000178. The molecule has 0 amide bonds. The summed E-state index contributed by atoms with van der Waals surface area (Å²) in [6, 6.07) is 18.4. The molecule has 0 unspecified atom stereocenters. The summed E-state index contributed by atoms with van der Waals surface area (Å²) < 4.78 is 39.3. The van der Waals surface area contributed by atoms with E-state index in [1.54, 1.807) is 42.5 Å². The van der Waals surface area contributed by atoms with Gasteiger partial charge in [-0.05, 0) is 36.4 Å².